The Morgan fingerprint density at radius 1 is 1.56 bits per heavy atom. The van der Waals surface area contributed by atoms with Crippen LogP contribution in [0.2, 0.25) is 0 Å². The van der Waals surface area contributed by atoms with E-state index in [2.05, 4.69) is 14.7 Å². The van der Waals surface area contributed by atoms with Crippen LogP contribution in [0.25, 0.3) is 5.52 Å². The van der Waals surface area contributed by atoms with Gasteiger partial charge in [0, 0.05) is 6.20 Å². The highest BCUT2D eigenvalue weighted by Crippen LogP contribution is 2.26. The summed E-state index contributed by atoms with van der Waals surface area (Å²) in [6, 6.07) is 4.34. The molecule has 1 N–H and O–H groups in total. The molecule has 3 rings (SSSR count). The Kier molecular flexibility index (Phi) is 2.29. The molecule has 0 amide bonds. The van der Waals surface area contributed by atoms with Crippen molar-refractivity contribution >= 4 is 5.52 Å². The SMILES string of the molecule is COc1cccn2c(C3CCCN3)ncc12. The number of aromatic nitrogens is 2. The summed E-state index contributed by atoms with van der Waals surface area (Å²) in [5, 5.41) is 3.46. The molecule has 2 aromatic heterocycles. The minimum atomic E-state index is 0.384. The zero-order valence-corrected chi connectivity index (χ0v) is 9.31. The second-order valence-corrected chi connectivity index (χ2v) is 4.10. The number of hydrogen-bond donors (Lipinski definition) is 1. The molecule has 0 spiro atoms. The lowest BCUT2D eigenvalue weighted by molar-refractivity contribution is 0.417. The van der Waals surface area contributed by atoms with Crippen LogP contribution >= 0.6 is 0 Å². The molecule has 3 heterocycles. The molecule has 1 aliphatic rings. The number of pyridine rings is 1. The van der Waals surface area contributed by atoms with Gasteiger partial charge in [-0.1, -0.05) is 0 Å². The zero-order valence-electron chi connectivity index (χ0n) is 9.31. The first kappa shape index (κ1) is 9.66. The molecule has 1 atom stereocenters. The Hall–Kier alpha value is -1.55. The highest BCUT2D eigenvalue weighted by Gasteiger charge is 2.21. The van der Waals surface area contributed by atoms with Crippen LogP contribution < -0.4 is 10.1 Å². The number of imidazole rings is 1. The van der Waals surface area contributed by atoms with E-state index in [4.69, 9.17) is 4.74 Å². The van der Waals surface area contributed by atoms with E-state index in [0.717, 1.165) is 30.1 Å². The third-order valence-corrected chi connectivity index (χ3v) is 3.15. The van der Waals surface area contributed by atoms with E-state index >= 15 is 0 Å². The smallest absolute Gasteiger partial charge is 0.144 e. The van der Waals surface area contributed by atoms with Crippen LogP contribution in [0.3, 0.4) is 0 Å². The molecule has 4 nitrogen and oxygen atoms in total. The molecule has 1 fully saturated rings. The van der Waals surface area contributed by atoms with Gasteiger partial charge in [-0.15, -0.1) is 0 Å². The predicted molar refractivity (Wildman–Crippen MR) is 61.7 cm³/mol. The molecule has 84 valence electrons. The topological polar surface area (TPSA) is 38.6 Å². The normalized spacial score (nSPS) is 20.4. The molecule has 1 saturated heterocycles. The van der Waals surface area contributed by atoms with Crippen molar-refractivity contribution in [3.05, 3.63) is 30.4 Å². The van der Waals surface area contributed by atoms with Gasteiger partial charge in [-0.05, 0) is 31.5 Å². The van der Waals surface area contributed by atoms with E-state index in [1.807, 2.05) is 24.5 Å². The van der Waals surface area contributed by atoms with E-state index < -0.39 is 0 Å². The summed E-state index contributed by atoms with van der Waals surface area (Å²) in [7, 11) is 1.69. The van der Waals surface area contributed by atoms with E-state index in [0.29, 0.717) is 6.04 Å². The van der Waals surface area contributed by atoms with Gasteiger partial charge in [-0.2, -0.15) is 0 Å². The molecule has 0 aromatic carbocycles. The summed E-state index contributed by atoms with van der Waals surface area (Å²) in [4.78, 5) is 4.51. The van der Waals surface area contributed by atoms with Gasteiger partial charge in [0.2, 0.25) is 0 Å². The molecule has 0 aliphatic carbocycles. The Labute approximate surface area is 94.3 Å². The summed E-state index contributed by atoms with van der Waals surface area (Å²) >= 11 is 0. The first-order chi connectivity index (χ1) is 7.90. The number of fused-ring (bicyclic) bond motifs is 1. The molecule has 2 aromatic rings. The molecule has 1 unspecified atom stereocenters. The van der Waals surface area contributed by atoms with Gasteiger partial charge in [0.05, 0.1) is 19.3 Å². The van der Waals surface area contributed by atoms with Crippen molar-refractivity contribution in [2.24, 2.45) is 0 Å². The van der Waals surface area contributed by atoms with Crippen LogP contribution in [0, 0.1) is 0 Å². The van der Waals surface area contributed by atoms with Crippen molar-refractivity contribution in [2.75, 3.05) is 13.7 Å². The summed E-state index contributed by atoms with van der Waals surface area (Å²) in [6.07, 6.45) is 6.31. The van der Waals surface area contributed by atoms with Gasteiger partial charge in [0.25, 0.3) is 0 Å². The Morgan fingerprint density at radius 3 is 3.25 bits per heavy atom. The van der Waals surface area contributed by atoms with E-state index in [1.54, 1.807) is 7.11 Å². The highest BCUT2D eigenvalue weighted by atomic mass is 16.5. The summed E-state index contributed by atoms with van der Waals surface area (Å²) in [5.74, 6) is 1.96. The lowest BCUT2D eigenvalue weighted by Crippen LogP contribution is -2.15. The minimum absolute atomic E-state index is 0.384. The van der Waals surface area contributed by atoms with Gasteiger partial charge < -0.3 is 10.1 Å². The monoisotopic (exact) mass is 217 g/mol. The summed E-state index contributed by atoms with van der Waals surface area (Å²) < 4.78 is 7.44. The first-order valence-electron chi connectivity index (χ1n) is 5.63. The van der Waals surface area contributed by atoms with Gasteiger partial charge in [-0.25, -0.2) is 4.98 Å². The molecule has 0 bridgehead atoms. The minimum Gasteiger partial charge on any atom is -0.494 e. The van der Waals surface area contributed by atoms with Gasteiger partial charge in [0.1, 0.15) is 17.1 Å². The van der Waals surface area contributed by atoms with Crippen molar-refractivity contribution in [1.82, 2.24) is 14.7 Å². The van der Waals surface area contributed by atoms with Gasteiger partial charge in [-0.3, -0.25) is 4.40 Å². The summed E-state index contributed by atoms with van der Waals surface area (Å²) in [6.45, 7) is 1.09. The van der Waals surface area contributed by atoms with E-state index in [9.17, 15) is 0 Å². The number of methoxy groups -OCH3 is 1. The number of rotatable bonds is 2. The maximum absolute atomic E-state index is 5.32. The Morgan fingerprint density at radius 2 is 2.50 bits per heavy atom. The summed E-state index contributed by atoms with van der Waals surface area (Å²) in [5.41, 5.74) is 1.04. The fourth-order valence-electron chi connectivity index (χ4n) is 2.35. The van der Waals surface area contributed by atoms with Crippen molar-refractivity contribution < 1.29 is 4.74 Å². The molecule has 0 radical (unpaired) electrons. The van der Waals surface area contributed by atoms with E-state index in [1.165, 1.54) is 6.42 Å². The van der Waals surface area contributed by atoms with Crippen LogP contribution in [-0.4, -0.2) is 23.0 Å². The second-order valence-electron chi connectivity index (χ2n) is 4.10. The molecular formula is C12H15N3O. The van der Waals surface area contributed by atoms with E-state index in [-0.39, 0.29) is 0 Å². The number of nitrogens with one attached hydrogen (secondary N) is 1. The molecule has 16 heavy (non-hydrogen) atoms. The third kappa shape index (κ3) is 1.38. The fourth-order valence-corrected chi connectivity index (χ4v) is 2.35. The fraction of sp³-hybridized carbons (Fsp3) is 0.417. The lowest BCUT2D eigenvalue weighted by atomic mass is 10.2. The standard InChI is InChI=1S/C12H15N3O/c1-16-11-5-3-7-15-10(11)8-14-12(15)9-4-2-6-13-9/h3,5,7-9,13H,2,4,6H2,1H3. The van der Waals surface area contributed by atoms with Crippen LogP contribution in [0.15, 0.2) is 24.5 Å². The largest absolute Gasteiger partial charge is 0.494 e. The Bertz CT molecular complexity index is 500. The maximum atomic E-state index is 5.32. The molecule has 0 saturated carbocycles. The number of ether oxygens (including phenoxy) is 1. The molecule has 1 aliphatic heterocycles. The maximum Gasteiger partial charge on any atom is 0.144 e. The van der Waals surface area contributed by atoms with Crippen LogP contribution in [0.4, 0.5) is 0 Å². The van der Waals surface area contributed by atoms with Crippen molar-refractivity contribution in [1.29, 1.82) is 0 Å². The number of hydrogen-bond acceptors (Lipinski definition) is 3. The lowest BCUT2D eigenvalue weighted by Gasteiger charge is -2.09. The quantitative estimate of drug-likeness (QED) is 0.833. The second kappa shape index (κ2) is 3.79. The molecule has 4 heteroatoms. The van der Waals surface area contributed by atoms with Crippen molar-refractivity contribution in [3.63, 3.8) is 0 Å². The zero-order chi connectivity index (χ0) is 11.0. The number of nitrogens with zero attached hydrogens (tertiary/aromatic N) is 2. The van der Waals surface area contributed by atoms with Crippen LogP contribution in [0.5, 0.6) is 5.75 Å². The highest BCUT2D eigenvalue weighted by molar-refractivity contribution is 5.59. The van der Waals surface area contributed by atoms with Gasteiger partial charge >= 0.3 is 0 Å². The van der Waals surface area contributed by atoms with Crippen molar-refractivity contribution in [2.45, 2.75) is 18.9 Å². The average Bonchev–Trinajstić information content (AvgIpc) is 2.96. The first-order valence-corrected chi connectivity index (χ1v) is 5.63. The Balaban J connectivity index is 2.12. The molecular weight excluding hydrogens is 202 g/mol. The van der Waals surface area contributed by atoms with Crippen LogP contribution in [0.1, 0.15) is 24.7 Å². The predicted octanol–water partition coefficient (Wildman–Crippen LogP) is 1.77. The van der Waals surface area contributed by atoms with Gasteiger partial charge in [0.15, 0.2) is 0 Å². The third-order valence-electron chi connectivity index (χ3n) is 3.15. The average molecular weight is 217 g/mol. The van der Waals surface area contributed by atoms with Crippen molar-refractivity contribution in [3.8, 4) is 5.75 Å². The van der Waals surface area contributed by atoms with Crippen LogP contribution in [-0.2, 0) is 0 Å².